The number of rotatable bonds is 5. The van der Waals surface area contributed by atoms with Crippen molar-refractivity contribution in [2.45, 2.75) is 6.92 Å². The predicted octanol–water partition coefficient (Wildman–Crippen LogP) is 1.43. The molecule has 1 saturated heterocycles. The van der Waals surface area contributed by atoms with E-state index in [1.807, 2.05) is 43.3 Å². The summed E-state index contributed by atoms with van der Waals surface area (Å²) in [6.07, 6.45) is 0. The van der Waals surface area contributed by atoms with Crippen LogP contribution in [0.5, 0.6) is 0 Å². The molecule has 6 heteroatoms. The number of hydrogen-bond acceptors (Lipinski definition) is 5. The lowest BCUT2D eigenvalue weighted by Crippen LogP contribution is -2.39. The molecular formula is C17H22N4O2. The number of aryl methyl sites for hydroxylation is 1. The number of nitrogens with one attached hydrogen (secondary N) is 1. The average Bonchev–Trinajstić information content (AvgIpc) is 2.59. The van der Waals surface area contributed by atoms with E-state index < -0.39 is 0 Å². The van der Waals surface area contributed by atoms with Crippen molar-refractivity contribution >= 4 is 5.82 Å². The molecule has 0 bridgehead atoms. The van der Waals surface area contributed by atoms with Gasteiger partial charge in [-0.05, 0) is 23.9 Å². The van der Waals surface area contributed by atoms with Crippen molar-refractivity contribution in [3.63, 3.8) is 0 Å². The van der Waals surface area contributed by atoms with Gasteiger partial charge >= 0.3 is 0 Å². The van der Waals surface area contributed by atoms with E-state index in [9.17, 15) is 5.21 Å². The van der Waals surface area contributed by atoms with Crippen LogP contribution in [0.25, 0.3) is 11.3 Å². The first-order valence-electron chi connectivity index (χ1n) is 7.95. The number of hydrogen-bond donors (Lipinski definition) is 1. The second-order valence-corrected chi connectivity index (χ2v) is 5.68. The average molecular weight is 314 g/mol. The zero-order chi connectivity index (χ0) is 16.1. The van der Waals surface area contributed by atoms with Crippen LogP contribution in [-0.2, 0) is 4.74 Å². The van der Waals surface area contributed by atoms with Crippen LogP contribution in [0, 0.1) is 12.1 Å². The molecule has 0 radical (unpaired) electrons. The van der Waals surface area contributed by atoms with Gasteiger partial charge in [0.2, 0.25) is 0 Å². The lowest BCUT2D eigenvalue weighted by molar-refractivity contribution is -0.656. The Kier molecular flexibility index (Phi) is 5.05. The number of nitrogens with zero attached hydrogens (tertiary/aromatic N) is 3. The highest BCUT2D eigenvalue weighted by Gasteiger charge is 2.15. The van der Waals surface area contributed by atoms with Gasteiger partial charge in [-0.3, -0.25) is 4.90 Å². The summed E-state index contributed by atoms with van der Waals surface area (Å²) >= 11 is 0. The quantitative estimate of drug-likeness (QED) is 0.668. The van der Waals surface area contributed by atoms with Gasteiger partial charge in [0.15, 0.2) is 5.82 Å². The first-order chi connectivity index (χ1) is 11.2. The van der Waals surface area contributed by atoms with Crippen LogP contribution in [0.3, 0.4) is 0 Å². The standard InChI is InChI=1S/C17H22N4O2/c1-14-13-16(15-5-3-2-4-6-15)21(22)19-17(14)18-7-8-20-9-11-23-12-10-20/h2-6,13H,7-12H2,1H3,(H,18,19). The van der Waals surface area contributed by atoms with Gasteiger partial charge in [-0.2, -0.15) is 0 Å². The van der Waals surface area contributed by atoms with E-state index in [4.69, 9.17) is 4.74 Å². The number of benzene rings is 1. The fourth-order valence-corrected chi connectivity index (χ4v) is 2.69. The van der Waals surface area contributed by atoms with Crippen LogP contribution in [0.15, 0.2) is 36.4 Å². The van der Waals surface area contributed by atoms with Crippen molar-refractivity contribution in [3.8, 4) is 11.3 Å². The highest BCUT2D eigenvalue weighted by molar-refractivity contribution is 5.58. The van der Waals surface area contributed by atoms with Crippen LogP contribution in [0.1, 0.15) is 5.56 Å². The van der Waals surface area contributed by atoms with E-state index in [0.717, 1.165) is 50.5 Å². The maximum absolute atomic E-state index is 12.2. The first kappa shape index (κ1) is 15.7. The molecule has 1 aromatic heterocycles. The Morgan fingerprint density at radius 3 is 2.74 bits per heavy atom. The minimum Gasteiger partial charge on any atom is -0.594 e. The topological polar surface area (TPSA) is 64.3 Å². The fourth-order valence-electron chi connectivity index (χ4n) is 2.69. The van der Waals surface area contributed by atoms with E-state index in [0.29, 0.717) is 16.4 Å². The van der Waals surface area contributed by atoms with Crippen molar-refractivity contribution in [2.24, 2.45) is 0 Å². The minimum atomic E-state index is 0.571. The van der Waals surface area contributed by atoms with E-state index in [-0.39, 0.29) is 0 Å². The normalized spacial score (nSPS) is 15.5. The first-order valence-corrected chi connectivity index (χ1v) is 7.95. The predicted molar refractivity (Wildman–Crippen MR) is 89.1 cm³/mol. The smallest absolute Gasteiger partial charge is 0.252 e. The van der Waals surface area contributed by atoms with Crippen LogP contribution in [0.2, 0.25) is 0 Å². The highest BCUT2D eigenvalue weighted by atomic mass is 16.5. The molecule has 0 spiro atoms. The molecule has 2 aromatic rings. The summed E-state index contributed by atoms with van der Waals surface area (Å²) < 4.78 is 5.34. The second kappa shape index (κ2) is 7.39. The van der Waals surface area contributed by atoms with Crippen LogP contribution in [0.4, 0.5) is 5.82 Å². The maximum Gasteiger partial charge on any atom is 0.252 e. The van der Waals surface area contributed by atoms with E-state index >= 15 is 0 Å². The van der Waals surface area contributed by atoms with Gasteiger partial charge in [0.25, 0.3) is 5.69 Å². The largest absolute Gasteiger partial charge is 0.594 e. The van der Waals surface area contributed by atoms with Crippen molar-refractivity contribution in [1.82, 2.24) is 10.00 Å². The van der Waals surface area contributed by atoms with Gasteiger partial charge < -0.3 is 15.3 Å². The molecule has 0 atom stereocenters. The van der Waals surface area contributed by atoms with Gasteiger partial charge in [0.1, 0.15) is 0 Å². The lowest BCUT2D eigenvalue weighted by Gasteiger charge is -2.26. The Morgan fingerprint density at radius 2 is 2.00 bits per heavy atom. The zero-order valence-electron chi connectivity index (χ0n) is 13.4. The Morgan fingerprint density at radius 1 is 1.26 bits per heavy atom. The second-order valence-electron chi connectivity index (χ2n) is 5.68. The number of aromatic nitrogens is 2. The molecule has 0 amide bonds. The molecule has 0 saturated carbocycles. The third kappa shape index (κ3) is 3.97. The van der Waals surface area contributed by atoms with Crippen molar-refractivity contribution in [2.75, 3.05) is 44.7 Å². The minimum absolute atomic E-state index is 0.571. The summed E-state index contributed by atoms with van der Waals surface area (Å²) in [4.78, 5) is 3.04. The Balaban J connectivity index is 1.65. The van der Waals surface area contributed by atoms with E-state index in [2.05, 4.69) is 15.3 Å². The third-order valence-electron chi connectivity index (χ3n) is 4.02. The van der Waals surface area contributed by atoms with E-state index in [1.165, 1.54) is 0 Å². The SMILES string of the molecule is Cc1cc(-c2ccccc2)[n+]([O-])nc1NCCN1CCOCC1. The Labute approximate surface area is 136 Å². The molecule has 0 aliphatic carbocycles. The summed E-state index contributed by atoms with van der Waals surface area (Å²) in [5.41, 5.74) is 2.41. The molecule has 23 heavy (non-hydrogen) atoms. The van der Waals surface area contributed by atoms with Gasteiger partial charge in [0, 0.05) is 42.9 Å². The monoisotopic (exact) mass is 314 g/mol. The molecule has 1 fully saturated rings. The lowest BCUT2D eigenvalue weighted by atomic mass is 10.1. The zero-order valence-corrected chi connectivity index (χ0v) is 13.4. The van der Waals surface area contributed by atoms with Crippen molar-refractivity contribution in [3.05, 3.63) is 47.2 Å². The van der Waals surface area contributed by atoms with Gasteiger partial charge in [0.05, 0.1) is 18.8 Å². The molecule has 1 aliphatic heterocycles. The summed E-state index contributed by atoms with van der Waals surface area (Å²) in [6, 6.07) is 11.5. The number of anilines is 1. The molecule has 1 N–H and O–H groups in total. The van der Waals surface area contributed by atoms with Gasteiger partial charge in [-0.25, -0.2) is 0 Å². The molecule has 122 valence electrons. The molecular weight excluding hydrogens is 292 g/mol. The molecule has 6 nitrogen and oxygen atoms in total. The molecule has 1 aliphatic rings. The Hall–Kier alpha value is -2.18. The van der Waals surface area contributed by atoms with Gasteiger partial charge in [-0.1, -0.05) is 18.2 Å². The molecule has 0 unspecified atom stereocenters. The number of ether oxygens (including phenoxy) is 1. The van der Waals surface area contributed by atoms with E-state index in [1.54, 1.807) is 0 Å². The molecule has 1 aromatic carbocycles. The summed E-state index contributed by atoms with van der Waals surface area (Å²) in [5, 5.41) is 19.6. The van der Waals surface area contributed by atoms with Crippen LogP contribution < -0.4 is 10.2 Å². The highest BCUT2D eigenvalue weighted by Crippen LogP contribution is 2.18. The van der Waals surface area contributed by atoms with Crippen LogP contribution in [-0.4, -0.2) is 49.4 Å². The summed E-state index contributed by atoms with van der Waals surface area (Å²) in [7, 11) is 0. The van der Waals surface area contributed by atoms with Crippen molar-refractivity contribution in [1.29, 1.82) is 0 Å². The summed E-state index contributed by atoms with van der Waals surface area (Å²) in [6.45, 7) is 7.16. The maximum atomic E-state index is 12.2. The molecule has 2 heterocycles. The summed E-state index contributed by atoms with van der Waals surface area (Å²) in [5.74, 6) is 0.646. The van der Waals surface area contributed by atoms with Crippen LogP contribution >= 0.6 is 0 Å². The van der Waals surface area contributed by atoms with Gasteiger partial charge in [-0.15, -0.1) is 0 Å². The Bertz CT molecular complexity index is 643. The molecule has 3 rings (SSSR count). The number of morpholine rings is 1. The fraction of sp³-hybridized carbons (Fsp3) is 0.412. The van der Waals surface area contributed by atoms with Crippen molar-refractivity contribution < 1.29 is 9.58 Å². The third-order valence-corrected chi connectivity index (χ3v) is 4.02.